The fourth-order valence-electron chi connectivity index (χ4n) is 4.05. The Balaban J connectivity index is 0.000000420. The van der Waals surface area contributed by atoms with Crippen LogP contribution in [-0.2, 0) is 24.9 Å². The smallest absolute Gasteiger partial charge is 0.195 e. The van der Waals surface area contributed by atoms with Crippen LogP contribution in [0.15, 0.2) is 60.5 Å². The Kier molecular flexibility index (Phi) is 12.8. The summed E-state index contributed by atoms with van der Waals surface area (Å²) < 4.78 is 13.1. The predicted octanol–water partition coefficient (Wildman–Crippen LogP) is 8.55. The monoisotopic (exact) mass is 713 g/mol. The zero-order chi connectivity index (χ0) is 28.0. The maximum atomic E-state index is 13.1. The molecule has 0 amide bonds. The van der Waals surface area contributed by atoms with Crippen molar-refractivity contribution in [3.63, 3.8) is 0 Å². The quantitative estimate of drug-likeness (QED) is 0.110. The summed E-state index contributed by atoms with van der Waals surface area (Å²) in [7, 11) is -1.34. The number of carbonyl (C=O) groups excluding carboxylic acids is 1. The second kappa shape index (κ2) is 14.3. The molecular formula is C32H43FIrNO2Si-. The van der Waals surface area contributed by atoms with Crippen LogP contribution >= 0.6 is 0 Å². The number of fused-ring (bicyclic) bond motifs is 1. The third kappa shape index (κ3) is 9.25. The van der Waals surface area contributed by atoms with Crippen LogP contribution in [0.1, 0.15) is 65.9 Å². The predicted molar refractivity (Wildman–Crippen MR) is 158 cm³/mol. The average molecular weight is 713 g/mol. The molecule has 1 aromatic heterocycles. The molecule has 3 rings (SSSR count). The molecule has 1 heterocycles. The Morgan fingerprint density at radius 2 is 1.71 bits per heavy atom. The fraction of sp³-hybridized carbons (Fsp3) is 0.438. The summed E-state index contributed by atoms with van der Waals surface area (Å²) >= 11 is 0. The van der Waals surface area contributed by atoms with Crippen LogP contribution in [0.25, 0.3) is 22.0 Å². The van der Waals surface area contributed by atoms with Gasteiger partial charge in [-0.3, -0.25) is 9.78 Å². The maximum Gasteiger partial charge on any atom is 0.195 e. The summed E-state index contributed by atoms with van der Waals surface area (Å²) in [6.07, 6.45) is 4.45. The molecule has 0 saturated heterocycles. The number of aromatic nitrogens is 1. The van der Waals surface area contributed by atoms with Gasteiger partial charge in [0.2, 0.25) is 0 Å². The third-order valence-electron chi connectivity index (χ3n) is 6.60. The fourth-order valence-corrected chi connectivity index (χ4v) is 5.19. The van der Waals surface area contributed by atoms with Gasteiger partial charge in [-0.25, -0.2) is 4.39 Å². The van der Waals surface area contributed by atoms with E-state index >= 15 is 0 Å². The Hall–Kier alpha value is -2.14. The van der Waals surface area contributed by atoms with Crippen molar-refractivity contribution >= 4 is 29.8 Å². The van der Waals surface area contributed by atoms with Crippen molar-refractivity contribution in [3.05, 3.63) is 72.1 Å². The van der Waals surface area contributed by atoms with Crippen LogP contribution in [0.5, 0.6) is 0 Å². The molecule has 0 bridgehead atoms. The van der Waals surface area contributed by atoms with Gasteiger partial charge in [0.25, 0.3) is 0 Å². The van der Waals surface area contributed by atoms with E-state index in [2.05, 4.69) is 87.0 Å². The standard InChI is InChI=1S/C21H24NSi.C11H19FO2.Ir/c1-15(2)20-13-17(12-16-8-6-7-9-19(16)20)21-14-18(10-11-22-21)23(3,4)5;1-5-8(6-2)9(13)7-10(14)11(3,4)12;/h6-11,13-15H,1-5H3;7-8,13H,5-6H2,1-4H3;/q-1;;/b;9-7-;. The number of ketones is 1. The topological polar surface area (TPSA) is 50.2 Å². The number of halogens is 1. The minimum Gasteiger partial charge on any atom is -0.512 e. The number of aliphatic hydroxyl groups is 1. The first kappa shape index (κ1) is 33.9. The average Bonchev–Trinajstić information content (AvgIpc) is 2.83. The number of nitrogens with zero attached hydrogens (tertiary/aromatic N) is 1. The number of hydrogen-bond acceptors (Lipinski definition) is 3. The third-order valence-corrected chi connectivity index (χ3v) is 8.64. The van der Waals surface area contributed by atoms with E-state index in [4.69, 9.17) is 0 Å². The van der Waals surface area contributed by atoms with E-state index in [0.717, 1.165) is 30.2 Å². The molecule has 2 aromatic carbocycles. The number of pyridine rings is 1. The molecule has 0 aliphatic carbocycles. The van der Waals surface area contributed by atoms with Gasteiger partial charge in [-0.1, -0.05) is 87.7 Å². The number of aliphatic hydroxyl groups excluding tert-OH is 1. The Morgan fingerprint density at radius 3 is 2.24 bits per heavy atom. The van der Waals surface area contributed by atoms with Crippen molar-refractivity contribution in [3.8, 4) is 11.3 Å². The first-order valence-corrected chi connectivity index (χ1v) is 16.7. The molecular weight excluding hydrogens is 670 g/mol. The molecule has 209 valence electrons. The van der Waals surface area contributed by atoms with Crippen molar-refractivity contribution in [1.29, 1.82) is 0 Å². The van der Waals surface area contributed by atoms with Crippen LogP contribution in [0.3, 0.4) is 0 Å². The van der Waals surface area contributed by atoms with Gasteiger partial charge in [-0.15, -0.1) is 29.1 Å². The van der Waals surface area contributed by atoms with Crippen LogP contribution in [-0.4, -0.2) is 29.6 Å². The molecule has 3 aromatic rings. The minimum absolute atomic E-state index is 0. The molecule has 38 heavy (non-hydrogen) atoms. The van der Waals surface area contributed by atoms with Crippen LogP contribution < -0.4 is 5.19 Å². The van der Waals surface area contributed by atoms with Gasteiger partial charge in [-0.2, -0.15) is 0 Å². The normalized spacial score (nSPS) is 12.3. The summed E-state index contributed by atoms with van der Waals surface area (Å²) in [5.74, 6) is -0.248. The SMILES string of the molecule is CC(C)c1cc(-c2cc([Si](C)(C)C)ccn2)[c-]c2ccccc12.CCC(CC)/C(O)=C/C(=O)C(C)(C)F.[Ir]. The van der Waals surface area contributed by atoms with Gasteiger partial charge < -0.3 is 5.11 Å². The Morgan fingerprint density at radius 1 is 1.11 bits per heavy atom. The van der Waals surface area contributed by atoms with E-state index in [9.17, 15) is 14.3 Å². The van der Waals surface area contributed by atoms with Gasteiger partial charge in [0.1, 0.15) is 0 Å². The number of alkyl halides is 1. The van der Waals surface area contributed by atoms with Crippen molar-refractivity contribution in [2.75, 3.05) is 0 Å². The Labute approximate surface area is 243 Å². The van der Waals surface area contributed by atoms with E-state index < -0.39 is 19.5 Å². The molecule has 0 aliphatic heterocycles. The van der Waals surface area contributed by atoms with E-state index in [1.807, 2.05) is 20.0 Å². The minimum atomic E-state index is -1.90. The number of hydrogen-bond donors (Lipinski definition) is 1. The summed E-state index contributed by atoms with van der Waals surface area (Å²) in [4.78, 5) is 15.8. The number of rotatable bonds is 8. The van der Waals surface area contributed by atoms with Crippen molar-refractivity contribution < 1.29 is 34.4 Å². The molecule has 1 radical (unpaired) electrons. The summed E-state index contributed by atoms with van der Waals surface area (Å²) in [6.45, 7) is 17.8. The summed E-state index contributed by atoms with van der Waals surface area (Å²) in [5.41, 5.74) is 1.61. The van der Waals surface area contributed by atoms with Crippen molar-refractivity contribution in [2.45, 2.75) is 85.6 Å². The number of allylic oxidation sites excluding steroid dienone is 2. The maximum absolute atomic E-state index is 13.1. The van der Waals surface area contributed by atoms with Gasteiger partial charge in [0, 0.05) is 44.0 Å². The van der Waals surface area contributed by atoms with Crippen LogP contribution in [0.4, 0.5) is 4.39 Å². The number of carbonyl (C=O) groups is 1. The molecule has 0 saturated carbocycles. The van der Waals surface area contributed by atoms with Crippen LogP contribution in [0, 0.1) is 12.0 Å². The van der Waals surface area contributed by atoms with E-state index in [1.165, 1.54) is 35.4 Å². The van der Waals surface area contributed by atoms with E-state index in [1.54, 1.807) is 0 Å². The molecule has 0 unspecified atom stereocenters. The first-order chi connectivity index (χ1) is 17.2. The molecule has 1 N–H and O–H groups in total. The molecule has 0 atom stereocenters. The van der Waals surface area contributed by atoms with Crippen molar-refractivity contribution in [2.24, 2.45) is 5.92 Å². The second-order valence-electron chi connectivity index (χ2n) is 11.4. The Bertz CT molecular complexity index is 1240. The van der Waals surface area contributed by atoms with Gasteiger partial charge in [-0.05, 0) is 38.7 Å². The molecule has 3 nitrogen and oxygen atoms in total. The van der Waals surface area contributed by atoms with Gasteiger partial charge in [0.05, 0.1) is 13.8 Å². The molecule has 0 aliphatic rings. The molecule has 0 spiro atoms. The van der Waals surface area contributed by atoms with E-state index in [-0.39, 0.29) is 31.8 Å². The van der Waals surface area contributed by atoms with Crippen LogP contribution in [0.2, 0.25) is 19.6 Å². The van der Waals surface area contributed by atoms with Gasteiger partial charge in [0.15, 0.2) is 11.5 Å². The zero-order valence-corrected chi connectivity index (χ0v) is 27.7. The summed E-state index contributed by atoms with van der Waals surface area (Å²) in [6, 6.07) is 18.8. The van der Waals surface area contributed by atoms with E-state index in [0.29, 0.717) is 5.92 Å². The zero-order valence-electron chi connectivity index (χ0n) is 24.3. The number of benzene rings is 2. The van der Waals surface area contributed by atoms with Gasteiger partial charge >= 0.3 is 0 Å². The second-order valence-corrected chi connectivity index (χ2v) is 16.5. The molecule has 6 heteroatoms. The molecule has 0 fully saturated rings. The first-order valence-electron chi connectivity index (χ1n) is 13.2. The summed E-state index contributed by atoms with van der Waals surface area (Å²) in [5, 5.41) is 13.4. The van der Waals surface area contributed by atoms with Crippen molar-refractivity contribution in [1.82, 2.24) is 4.98 Å². The largest absolute Gasteiger partial charge is 0.512 e.